The molecule has 0 atom stereocenters. The van der Waals surface area contributed by atoms with Crippen LogP contribution in [0.2, 0.25) is 0 Å². The Morgan fingerprint density at radius 3 is 2.42 bits per heavy atom. The monoisotopic (exact) mass is 462 g/mol. The second-order valence-electron chi connectivity index (χ2n) is 8.55. The van der Waals surface area contributed by atoms with E-state index >= 15 is 0 Å². The van der Waals surface area contributed by atoms with Crippen LogP contribution in [-0.4, -0.2) is 24.7 Å². The quantitative estimate of drug-likeness (QED) is 0.290. The van der Waals surface area contributed by atoms with Crippen LogP contribution in [0.5, 0.6) is 5.75 Å². The van der Waals surface area contributed by atoms with Crippen LogP contribution in [0, 0.1) is 20.8 Å². The number of rotatable bonds is 8. The summed E-state index contributed by atoms with van der Waals surface area (Å²) in [6, 6.07) is 16.7. The maximum absolute atomic E-state index is 6.26. The van der Waals surface area contributed by atoms with Gasteiger partial charge in [0.25, 0.3) is 0 Å². The lowest BCUT2D eigenvalue weighted by Gasteiger charge is -2.14. The van der Waals surface area contributed by atoms with Gasteiger partial charge in [0.2, 0.25) is 5.16 Å². The summed E-state index contributed by atoms with van der Waals surface area (Å²) >= 11 is 1.55. The van der Waals surface area contributed by atoms with Crippen LogP contribution < -0.4 is 10.6 Å². The van der Waals surface area contributed by atoms with Crippen LogP contribution in [-0.2, 0) is 12.4 Å². The van der Waals surface area contributed by atoms with Gasteiger partial charge in [-0.05, 0) is 67.6 Å². The van der Waals surface area contributed by atoms with Crippen molar-refractivity contribution in [1.82, 2.24) is 24.7 Å². The van der Waals surface area contributed by atoms with Gasteiger partial charge in [0.05, 0.1) is 11.4 Å². The molecule has 0 aliphatic carbocycles. The molecule has 0 aliphatic heterocycles. The highest BCUT2D eigenvalue weighted by Gasteiger charge is 2.14. The van der Waals surface area contributed by atoms with Gasteiger partial charge in [-0.2, -0.15) is 5.10 Å². The molecule has 2 aromatic carbocycles. The van der Waals surface area contributed by atoms with E-state index in [2.05, 4.69) is 91.5 Å². The van der Waals surface area contributed by atoms with E-state index in [1.165, 1.54) is 15.8 Å². The first-order chi connectivity index (χ1) is 15.8. The third-order valence-corrected chi connectivity index (χ3v) is 6.46. The zero-order chi connectivity index (χ0) is 23.5. The molecule has 0 aliphatic rings. The number of nitrogens with zero attached hydrogens (tertiary/aromatic N) is 5. The smallest absolute Gasteiger partial charge is 0.210 e. The summed E-state index contributed by atoms with van der Waals surface area (Å²) in [4.78, 5) is 0. The van der Waals surface area contributed by atoms with Crippen molar-refractivity contribution in [2.45, 2.75) is 58.1 Å². The summed E-state index contributed by atoms with van der Waals surface area (Å²) < 4.78 is 9.53. The fraction of sp³-hybridized carbons (Fsp3) is 0.320. The average Bonchev–Trinajstić information content (AvgIpc) is 3.31. The Kier molecular flexibility index (Phi) is 6.74. The highest BCUT2D eigenvalue weighted by molar-refractivity contribution is 7.98. The minimum atomic E-state index is 0.268. The Hall–Kier alpha value is -3.26. The number of thioether (sulfide) groups is 1. The lowest BCUT2D eigenvalue weighted by atomic mass is 10.0. The average molecular weight is 463 g/mol. The Balaban J connectivity index is 1.39. The molecule has 0 saturated heterocycles. The molecule has 8 heteroatoms. The topological polar surface area (TPSA) is 83.8 Å². The zero-order valence-electron chi connectivity index (χ0n) is 19.7. The maximum atomic E-state index is 6.26. The lowest BCUT2D eigenvalue weighted by molar-refractivity contribution is 0.287. The first-order valence-electron chi connectivity index (χ1n) is 11.0. The van der Waals surface area contributed by atoms with Gasteiger partial charge in [-0.15, -0.1) is 10.2 Å². The van der Waals surface area contributed by atoms with E-state index in [-0.39, 0.29) is 6.61 Å². The van der Waals surface area contributed by atoms with E-state index in [1.54, 1.807) is 11.8 Å². The first kappa shape index (κ1) is 22.9. The highest BCUT2D eigenvalue weighted by atomic mass is 32.2. The van der Waals surface area contributed by atoms with Crippen LogP contribution >= 0.6 is 11.8 Å². The number of aryl methyl sites for hydroxylation is 3. The minimum Gasteiger partial charge on any atom is -0.485 e. The molecule has 0 amide bonds. The molecule has 0 unspecified atom stereocenters. The maximum Gasteiger partial charge on any atom is 0.210 e. The van der Waals surface area contributed by atoms with Crippen LogP contribution in [0.1, 0.15) is 53.7 Å². The molecule has 2 N–H and O–H groups in total. The molecule has 4 rings (SSSR count). The fourth-order valence-electron chi connectivity index (χ4n) is 3.66. The number of hydrogen-bond donors (Lipinski definition) is 1. The van der Waals surface area contributed by atoms with Crippen molar-refractivity contribution in [3.63, 3.8) is 0 Å². The van der Waals surface area contributed by atoms with Crippen LogP contribution in [0.4, 0.5) is 0 Å². The van der Waals surface area contributed by atoms with Crippen molar-refractivity contribution in [2.24, 2.45) is 0 Å². The zero-order valence-corrected chi connectivity index (χ0v) is 20.6. The molecule has 7 nitrogen and oxygen atoms in total. The normalized spacial score (nSPS) is 11.3. The predicted octanol–water partition coefficient (Wildman–Crippen LogP) is 5.10. The second kappa shape index (κ2) is 9.70. The van der Waals surface area contributed by atoms with Gasteiger partial charge in [-0.25, -0.2) is 9.36 Å². The number of hydrogen-bond acceptors (Lipinski definition) is 6. The van der Waals surface area contributed by atoms with E-state index in [4.69, 9.17) is 10.6 Å². The lowest BCUT2D eigenvalue weighted by Crippen LogP contribution is -2.16. The van der Waals surface area contributed by atoms with E-state index < -0.39 is 0 Å². The summed E-state index contributed by atoms with van der Waals surface area (Å²) in [5.74, 6) is 8.82. The van der Waals surface area contributed by atoms with E-state index in [0.717, 1.165) is 34.1 Å². The van der Waals surface area contributed by atoms with Crippen LogP contribution in [0.25, 0.3) is 5.69 Å². The highest BCUT2D eigenvalue weighted by Crippen LogP contribution is 2.28. The molecule has 4 aromatic rings. The van der Waals surface area contributed by atoms with Crippen LogP contribution in [0.15, 0.2) is 53.7 Å². The number of nitrogen functional groups attached to an aromatic ring is 1. The summed E-state index contributed by atoms with van der Waals surface area (Å²) in [6.45, 7) is 10.7. The van der Waals surface area contributed by atoms with Gasteiger partial charge >= 0.3 is 0 Å². The summed E-state index contributed by atoms with van der Waals surface area (Å²) in [5, 5.41) is 13.7. The minimum absolute atomic E-state index is 0.268. The van der Waals surface area contributed by atoms with Gasteiger partial charge < -0.3 is 10.6 Å². The Morgan fingerprint density at radius 1 is 1.00 bits per heavy atom. The molecule has 2 heterocycles. The molecule has 0 bridgehead atoms. The van der Waals surface area contributed by atoms with E-state index in [0.29, 0.717) is 16.9 Å². The number of benzene rings is 2. The largest absolute Gasteiger partial charge is 0.485 e. The van der Waals surface area contributed by atoms with Crippen molar-refractivity contribution < 1.29 is 4.74 Å². The molecular weight excluding hydrogens is 432 g/mol. The van der Waals surface area contributed by atoms with Crippen molar-refractivity contribution in [3.05, 3.63) is 82.4 Å². The molecule has 172 valence electrons. The van der Waals surface area contributed by atoms with Crippen molar-refractivity contribution >= 4 is 11.8 Å². The third-order valence-electron chi connectivity index (χ3n) is 5.44. The molecule has 0 spiro atoms. The van der Waals surface area contributed by atoms with Gasteiger partial charge in [0, 0.05) is 11.4 Å². The Labute approximate surface area is 199 Å². The molecule has 0 radical (unpaired) electrons. The second-order valence-corrected chi connectivity index (χ2v) is 9.49. The molecule has 0 saturated carbocycles. The summed E-state index contributed by atoms with van der Waals surface area (Å²) in [6.07, 6.45) is 0. The summed E-state index contributed by atoms with van der Waals surface area (Å²) in [5.41, 5.74) is 6.68. The van der Waals surface area contributed by atoms with Crippen LogP contribution in [0.3, 0.4) is 0 Å². The number of nitrogens with two attached hydrogens (primary N) is 1. The molecular formula is C25H30N6OS. The van der Waals surface area contributed by atoms with Gasteiger partial charge in [-0.1, -0.05) is 49.9 Å². The van der Waals surface area contributed by atoms with Gasteiger partial charge in [0.15, 0.2) is 5.82 Å². The Morgan fingerprint density at radius 2 is 1.76 bits per heavy atom. The van der Waals surface area contributed by atoms with Crippen molar-refractivity contribution in [2.75, 3.05) is 5.84 Å². The fourth-order valence-corrected chi connectivity index (χ4v) is 4.49. The third kappa shape index (κ3) is 5.22. The SMILES string of the molecule is Cc1ccc(C(C)C)c(OCc2nnc(SCc3ccc(-n4nc(C)cc4C)cc3)n2N)c1. The van der Waals surface area contributed by atoms with Gasteiger partial charge in [0.1, 0.15) is 12.4 Å². The molecule has 0 fully saturated rings. The predicted molar refractivity (Wildman–Crippen MR) is 132 cm³/mol. The number of ether oxygens (including phenoxy) is 1. The van der Waals surface area contributed by atoms with Crippen molar-refractivity contribution in [1.29, 1.82) is 0 Å². The molecule has 2 aromatic heterocycles. The van der Waals surface area contributed by atoms with E-state index in [1.807, 2.05) is 11.6 Å². The number of aromatic nitrogens is 5. The Bertz CT molecular complexity index is 1240. The first-order valence-corrected chi connectivity index (χ1v) is 12.0. The standard InChI is InChI=1S/C25H30N6OS/c1-16(2)22-11-6-17(3)12-23(22)32-14-24-27-28-25(30(24)26)33-15-20-7-9-21(10-8-20)31-19(5)13-18(4)29-31/h6-13,16H,14-15,26H2,1-5H3. The molecule has 33 heavy (non-hydrogen) atoms. The summed E-state index contributed by atoms with van der Waals surface area (Å²) in [7, 11) is 0. The van der Waals surface area contributed by atoms with Gasteiger partial charge in [-0.3, -0.25) is 0 Å². The van der Waals surface area contributed by atoms with E-state index in [9.17, 15) is 0 Å². The van der Waals surface area contributed by atoms with Crippen molar-refractivity contribution in [3.8, 4) is 11.4 Å².